The number of thiocarbonyl (C=S) groups is 1. The summed E-state index contributed by atoms with van der Waals surface area (Å²) < 4.78 is 1.77. The molecule has 0 aliphatic carbocycles. The number of thiophene rings is 1. The van der Waals surface area contributed by atoms with Crippen LogP contribution < -0.4 is 19.9 Å². The maximum absolute atomic E-state index is 13.1. The highest BCUT2D eigenvalue weighted by molar-refractivity contribution is 7.81. The van der Waals surface area contributed by atoms with Crippen molar-refractivity contribution in [3.05, 3.63) is 77.2 Å². The van der Waals surface area contributed by atoms with Gasteiger partial charge in [0.2, 0.25) is 5.70 Å². The van der Waals surface area contributed by atoms with Crippen molar-refractivity contribution in [1.29, 1.82) is 0 Å². The number of rotatable bonds is 5. The van der Waals surface area contributed by atoms with Gasteiger partial charge >= 0.3 is 0 Å². The van der Waals surface area contributed by atoms with Crippen molar-refractivity contribution in [1.82, 2.24) is 0 Å². The zero-order valence-corrected chi connectivity index (χ0v) is 16.2. The van der Waals surface area contributed by atoms with E-state index in [1.807, 2.05) is 91.4 Å². The fraction of sp³-hybridized carbons (Fsp3) is 0.100. The van der Waals surface area contributed by atoms with Crippen LogP contribution in [0.1, 0.15) is 4.88 Å². The molecule has 0 spiro atoms. The Kier molecular flexibility index (Phi) is 5.65. The van der Waals surface area contributed by atoms with Crippen molar-refractivity contribution in [2.24, 2.45) is 0 Å². The van der Waals surface area contributed by atoms with Gasteiger partial charge in [0.25, 0.3) is 0 Å². The number of nitrogens with one attached hydrogen (secondary N) is 1. The van der Waals surface area contributed by atoms with E-state index in [1.54, 1.807) is 4.57 Å². The van der Waals surface area contributed by atoms with Crippen LogP contribution >= 0.6 is 23.6 Å². The summed E-state index contributed by atoms with van der Waals surface area (Å²) in [6, 6.07) is 17.2. The van der Waals surface area contributed by atoms with Crippen molar-refractivity contribution in [3.8, 4) is 0 Å². The second-order valence-corrected chi connectivity index (χ2v) is 7.19. The van der Waals surface area contributed by atoms with E-state index in [9.17, 15) is 5.11 Å². The number of nitrogens with zero attached hydrogens (tertiary/aromatic N) is 2. The van der Waals surface area contributed by atoms with Crippen LogP contribution in [0.15, 0.2) is 72.4 Å². The molecule has 0 radical (unpaired) electrons. The molecule has 2 heterocycles. The summed E-state index contributed by atoms with van der Waals surface area (Å²) in [6.45, 7) is 0. The molecular weight excluding hydrogens is 362 g/mol. The van der Waals surface area contributed by atoms with Gasteiger partial charge in [0, 0.05) is 42.5 Å². The lowest BCUT2D eigenvalue weighted by Crippen LogP contribution is -2.40. The molecule has 0 atom stereocenters. The fourth-order valence-electron chi connectivity index (χ4n) is 2.44. The van der Waals surface area contributed by atoms with Crippen molar-refractivity contribution in [3.63, 3.8) is 0 Å². The van der Waals surface area contributed by atoms with E-state index in [2.05, 4.69) is 5.32 Å². The van der Waals surface area contributed by atoms with E-state index in [0.29, 0.717) is 15.6 Å². The van der Waals surface area contributed by atoms with Crippen LogP contribution in [0.25, 0.3) is 11.5 Å². The van der Waals surface area contributed by atoms with E-state index in [1.165, 1.54) is 11.3 Å². The molecule has 0 amide bonds. The van der Waals surface area contributed by atoms with E-state index >= 15 is 0 Å². The van der Waals surface area contributed by atoms with E-state index < -0.39 is 0 Å². The first-order valence-electron chi connectivity index (χ1n) is 8.07. The van der Waals surface area contributed by atoms with Crippen LogP contribution in [-0.4, -0.2) is 19.1 Å². The molecule has 3 aromatic rings. The Labute approximate surface area is 162 Å². The summed E-state index contributed by atoms with van der Waals surface area (Å²) in [5, 5.41) is 18.1. The average molecular weight is 382 g/mol. The molecule has 26 heavy (non-hydrogen) atoms. The summed E-state index contributed by atoms with van der Waals surface area (Å²) in [5.74, 6) is -0.101. The third-order valence-corrected chi connectivity index (χ3v) is 4.96. The van der Waals surface area contributed by atoms with Crippen LogP contribution in [0.5, 0.6) is 0 Å². The van der Waals surface area contributed by atoms with E-state index in [4.69, 9.17) is 12.2 Å². The number of hydrogen-bond acceptors (Lipinski definition) is 4. The minimum atomic E-state index is -0.101. The van der Waals surface area contributed by atoms with Gasteiger partial charge in [-0.25, -0.2) is 0 Å². The van der Waals surface area contributed by atoms with Gasteiger partial charge in [-0.3, -0.25) is 0 Å². The van der Waals surface area contributed by atoms with Crippen molar-refractivity contribution in [2.75, 3.05) is 24.3 Å². The van der Waals surface area contributed by atoms with Crippen LogP contribution in [0.2, 0.25) is 0 Å². The predicted octanol–water partition coefficient (Wildman–Crippen LogP) is 3.23. The third kappa shape index (κ3) is 4.09. The van der Waals surface area contributed by atoms with Crippen molar-refractivity contribution >= 4 is 51.4 Å². The fourth-order valence-corrected chi connectivity index (χ4v) is 3.42. The maximum Gasteiger partial charge on any atom is 0.239 e. The standard InChI is InChI=1S/C20H19N3OS2/c1-22(2)16-10-12-23(13-11-16)18(19(24)17-9-6-14-26-17)20(25)21-15-7-4-3-5-8-15/h3-14H,1-2H3,(H-,21,24,25). The second kappa shape index (κ2) is 8.12. The first kappa shape index (κ1) is 18.1. The zero-order chi connectivity index (χ0) is 18.5. The maximum atomic E-state index is 13.1. The number of para-hydroxylation sites is 1. The van der Waals surface area contributed by atoms with Gasteiger partial charge < -0.3 is 15.3 Å². The lowest BCUT2D eigenvalue weighted by atomic mass is 10.2. The van der Waals surface area contributed by atoms with E-state index in [0.717, 1.165) is 11.4 Å². The summed E-state index contributed by atoms with van der Waals surface area (Å²) >= 11 is 6.98. The molecule has 1 aromatic carbocycles. The molecule has 0 saturated carbocycles. The number of hydrogen-bond donors (Lipinski definition) is 1. The first-order valence-corrected chi connectivity index (χ1v) is 9.35. The molecule has 0 saturated heterocycles. The monoisotopic (exact) mass is 381 g/mol. The Morgan fingerprint density at radius 2 is 1.73 bits per heavy atom. The topological polar surface area (TPSA) is 42.2 Å². The third-order valence-electron chi connectivity index (χ3n) is 3.79. The SMILES string of the molecule is CN(C)c1cc[n+](C(C(=S)Nc2ccccc2)=C([O-])c2cccs2)cc1. The van der Waals surface area contributed by atoms with Gasteiger partial charge in [0.1, 0.15) is 0 Å². The molecule has 0 fully saturated rings. The van der Waals surface area contributed by atoms with Crippen LogP contribution in [-0.2, 0) is 0 Å². The molecular formula is C20H19N3OS2. The molecule has 2 aromatic heterocycles. The molecule has 0 aliphatic rings. The smallest absolute Gasteiger partial charge is 0.239 e. The number of aromatic nitrogens is 1. The van der Waals surface area contributed by atoms with Gasteiger partial charge in [0.05, 0.1) is 0 Å². The van der Waals surface area contributed by atoms with Crippen LogP contribution in [0.4, 0.5) is 11.4 Å². The number of benzene rings is 1. The second-order valence-electron chi connectivity index (χ2n) is 5.83. The largest absolute Gasteiger partial charge is 0.867 e. The highest BCUT2D eigenvalue weighted by atomic mass is 32.1. The minimum Gasteiger partial charge on any atom is -0.867 e. The van der Waals surface area contributed by atoms with Crippen LogP contribution in [0, 0.1) is 0 Å². The zero-order valence-electron chi connectivity index (χ0n) is 14.5. The summed E-state index contributed by atoms with van der Waals surface area (Å²) in [6.07, 6.45) is 3.71. The Morgan fingerprint density at radius 3 is 2.31 bits per heavy atom. The van der Waals surface area contributed by atoms with Crippen molar-refractivity contribution < 1.29 is 9.67 Å². The van der Waals surface area contributed by atoms with Gasteiger partial charge in [-0.1, -0.05) is 36.5 Å². The quantitative estimate of drug-likeness (QED) is 0.319. The average Bonchev–Trinajstić information content (AvgIpc) is 3.18. The Balaban J connectivity index is 2.02. The normalized spacial score (nSPS) is 11.6. The Hall–Kier alpha value is -2.70. The Morgan fingerprint density at radius 1 is 1.04 bits per heavy atom. The molecule has 3 rings (SSSR count). The van der Waals surface area contributed by atoms with Crippen LogP contribution in [0.3, 0.4) is 0 Å². The highest BCUT2D eigenvalue weighted by Crippen LogP contribution is 2.21. The molecule has 1 N–H and O–H groups in total. The van der Waals surface area contributed by atoms with Gasteiger partial charge in [-0.2, -0.15) is 4.57 Å². The molecule has 4 nitrogen and oxygen atoms in total. The Bertz CT molecular complexity index is 902. The van der Waals surface area contributed by atoms with Gasteiger partial charge in [-0.05, 0) is 29.3 Å². The number of anilines is 2. The molecule has 132 valence electrons. The molecule has 0 bridgehead atoms. The lowest BCUT2D eigenvalue weighted by molar-refractivity contribution is -0.577. The molecule has 6 heteroatoms. The van der Waals surface area contributed by atoms with Crippen molar-refractivity contribution in [2.45, 2.75) is 0 Å². The summed E-state index contributed by atoms with van der Waals surface area (Å²) in [5.41, 5.74) is 2.32. The minimum absolute atomic E-state index is 0.101. The highest BCUT2D eigenvalue weighted by Gasteiger charge is 2.19. The molecule has 0 aliphatic heterocycles. The van der Waals surface area contributed by atoms with Gasteiger partial charge in [0.15, 0.2) is 17.4 Å². The summed E-state index contributed by atoms with van der Waals surface area (Å²) in [4.78, 5) is 3.05. The predicted molar refractivity (Wildman–Crippen MR) is 111 cm³/mol. The van der Waals surface area contributed by atoms with E-state index in [-0.39, 0.29) is 5.76 Å². The number of pyridine rings is 1. The molecule has 0 unspecified atom stereocenters. The van der Waals surface area contributed by atoms with Gasteiger partial charge in [-0.15, -0.1) is 11.3 Å². The lowest BCUT2D eigenvalue weighted by Gasteiger charge is -2.16. The summed E-state index contributed by atoms with van der Waals surface area (Å²) in [7, 11) is 3.95. The first-order chi connectivity index (χ1) is 12.6.